The second-order valence-electron chi connectivity index (χ2n) is 6.28. The Balaban J connectivity index is 2.34. The smallest absolute Gasteiger partial charge is 0.163 e. The number of aliphatic hydroxyl groups is 1. The van der Waals surface area contributed by atoms with Gasteiger partial charge in [-0.3, -0.25) is 0 Å². The van der Waals surface area contributed by atoms with Crippen molar-refractivity contribution in [2.75, 3.05) is 19.8 Å². The summed E-state index contributed by atoms with van der Waals surface area (Å²) in [7, 11) is 0. The van der Waals surface area contributed by atoms with Crippen LogP contribution >= 0.6 is 0 Å². The van der Waals surface area contributed by atoms with Crippen LogP contribution in [0.25, 0.3) is 0 Å². The van der Waals surface area contributed by atoms with Gasteiger partial charge in [0.1, 0.15) is 0 Å². The molecule has 1 aliphatic heterocycles. The highest BCUT2D eigenvalue weighted by molar-refractivity contribution is 4.79. The molecule has 17 heavy (non-hydrogen) atoms. The van der Waals surface area contributed by atoms with E-state index in [-0.39, 0.29) is 24.2 Å². The minimum absolute atomic E-state index is 0.0109. The molecule has 2 unspecified atom stereocenters. The number of ether oxygens (including phenoxy) is 2. The maximum atomic E-state index is 9.42. The first-order chi connectivity index (χ1) is 7.73. The summed E-state index contributed by atoms with van der Waals surface area (Å²) in [5.41, 5.74) is 0.117. The van der Waals surface area contributed by atoms with Gasteiger partial charge in [-0.15, -0.1) is 0 Å². The van der Waals surface area contributed by atoms with Crippen LogP contribution < -0.4 is 5.32 Å². The molecule has 0 aliphatic carbocycles. The Labute approximate surface area is 105 Å². The van der Waals surface area contributed by atoms with Crippen LogP contribution in [0.3, 0.4) is 0 Å². The van der Waals surface area contributed by atoms with Gasteiger partial charge in [0.25, 0.3) is 0 Å². The van der Waals surface area contributed by atoms with E-state index in [0.29, 0.717) is 6.61 Å². The summed E-state index contributed by atoms with van der Waals surface area (Å²) in [5, 5.41) is 12.8. The van der Waals surface area contributed by atoms with Crippen molar-refractivity contribution in [2.45, 2.75) is 58.5 Å². The van der Waals surface area contributed by atoms with E-state index in [1.165, 1.54) is 0 Å². The van der Waals surface area contributed by atoms with Gasteiger partial charge in [0.2, 0.25) is 0 Å². The number of aliphatic hydroxyl groups excluding tert-OH is 1. The lowest BCUT2D eigenvalue weighted by molar-refractivity contribution is -0.146. The van der Waals surface area contributed by atoms with Crippen LogP contribution in [0.4, 0.5) is 0 Å². The van der Waals surface area contributed by atoms with E-state index in [1.54, 1.807) is 0 Å². The Morgan fingerprint density at radius 1 is 1.41 bits per heavy atom. The normalized spacial score (nSPS) is 26.1. The summed E-state index contributed by atoms with van der Waals surface area (Å²) in [6.45, 7) is 11.8. The molecule has 1 heterocycles. The second-order valence-corrected chi connectivity index (χ2v) is 6.28. The third kappa shape index (κ3) is 5.34. The lowest BCUT2D eigenvalue weighted by Gasteiger charge is -2.25. The summed E-state index contributed by atoms with van der Waals surface area (Å²) in [5.74, 6) is -0.359. The van der Waals surface area contributed by atoms with Crippen molar-refractivity contribution in [1.29, 1.82) is 0 Å². The molecule has 4 heteroatoms. The summed E-state index contributed by atoms with van der Waals surface area (Å²) >= 11 is 0. The Hall–Kier alpha value is -0.160. The lowest BCUT2D eigenvalue weighted by Crippen LogP contribution is -2.39. The summed E-state index contributed by atoms with van der Waals surface area (Å²) in [6.07, 6.45) is 0.912. The fraction of sp³-hybridized carbons (Fsp3) is 1.00. The van der Waals surface area contributed by atoms with Gasteiger partial charge in [-0.05, 0) is 47.6 Å². The monoisotopic (exact) mass is 245 g/mol. The summed E-state index contributed by atoms with van der Waals surface area (Å²) in [4.78, 5) is 0. The van der Waals surface area contributed by atoms with Crippen LogP contribution in [-0.4, -0.2) is 42.3 Å². The van der Waals surface area contributed by atoms with Gasteiger partial charge in [-0.1, -0.05) is 0 Å². The fourth-order valence-electron chi connectivity index (χ4n) is 1.98. The van der Waals surface area contributed by atoms with Crippen molar-refractivity contribution in [3.05, 3.63) is 0 Å². The molecule has 0 aromatic carbocycles. The molecule has 0 spiro atoms. The highest BCUT2D eigenvalue weighted by Gasteiger charge is 2.36. The standard InChI is InChI=1S/C13H27NO3/c1-12(2,3)14-7-6-10(8-15)11-9-16-13(4,5)17-11/h10-11,14-15H,6-9H2,1-5H3. The van der Waals surface area contributed by atoms with Gasteiger partial charge in [0, 0.05) is 18.1 Å². The molecule has 0 saturated carbocycles. The average Bonchev–Trinajstić information content (AvgIpc) is 2.52. The predicted octanol–water partition coefficient (Wildman–Crippen LogP) is 1.52. The van der Waals surface area contributed by atoms with E-state index in [2.05, 4.69) is 26.1 Å². The van der Waals surface area contributed by atoms with E-state index < -0.39 is 5.79 Å². The van der Waals surface area contributed by atoms with Gasteiger partial charge in [0.05, 0.1) is 12.7 Å². The summed E-state index contributed by atoms with van der Waals surface area (Å²) < 4.78 is 11.3. The van der Waals surface area contributed by atoms with Crippen molar-refractivity contribution in [3.63, 3.8) is 0 Å². The molecule has 2 atom stereocenters. The predicted molar refractivity (Wildman–Crippen MR) is 67.9 cm³/mol. The minimum Gasteiger partial charge on any atom is -0.396 e. The third-order valence-corrected chi connectivity index (χ3v) is 2.96. The molecule has 0 radical (unpaired) electrons. The van der Waals surface area contributed by atoms with E-state index in [9.17, 15) is 5.11 Å². The highest BCUT2D eigenvalue weighted by atomic mass is 16.7. The Morgan fingerprint density at radius 2 is 2.06 bits per heavy atom. The van der Waals surface area contributed by atoms with Gasteiger partial charge in [0.15, 0.2) is 5.79 Å². The van der Waals surface area contributed by atoms with E-state index >= 15 is 0 Å². The highest BCUT2D eigenvalue weighted by Crippen LogP contribution is 2.27. The van der Waals surface area contributed by atoms with Gasteiger partial charge < -0.3 is 19.9 Å². The van der Waals surface area contributed by atoms with Gasteiger partial charge in [-0.25, -0.2) is 0 Å². The Kier molecular flexibility index (Phi) is 4.95. The molecule has 2 N–H and O–H groups in total. The molecule has 1 saturated heterocycles. The zero-order valence-electron chi connectivity index (χ0n) is 11.7. The molecule has 102 valence electrons. The minimum atomic E-state index is -0.504. The fourth-order valence-corrected chi connectivity index (χ4v) is 1.98. The molecule has 0 amide bonds. The van der Waals surface area contributed by atoms with Crippen molar-refractivity contribution in [2.24, 2.45) is 5.92 Å². The number of hydrogen-bond donors (Lipinski definition) is 2. The van der Waals surface area contributed by atoms with Crippen LogP contribution in [-0.2, 0) is 9.47 Å². The molecule has 1 aliphatic rings. The molecule has 0 aromatic rings. The molecular weight excluding hydrogens is 218 g/mol. The SMILES string of the molecule is CC(C)(C)NCCC(CO)C1COC(C)(C)O1. The average molecular weight is 245 g/mol. The molecule has 4 nitrogen and oxygen atoms in total. The molecule has 0 bridgehead atoms. The zero-order chi connectivity index (χ0) is 13.1. The van der Waals surface area contributed by atoms with Crippen LogP contribution in [0.2, 0.25) is 0 Å². The van der Waals surface area contributed by atoms with Crippen LogP contribution in [0.5, 0.6) is 0 Å². The lowest BCUT2D eigenvalue weighted by atomic mass is 9.99. The maximum absolute atomic E-state index is 9.42. The summed E-state index contributed by atoms with van der Waals surface area (Å²) in [6, 6.07) is 0. The Morgan fingerprint density at radius 3 is 2.47 bits per heavy atom. The van der Waals surface area contributed by atoms with Gasteiger partial charge >= 0.3 is 0 Å². The van der Waals surface area contributed by atoms with Crippen LogP contribution in [0.1, 0.15) is 41.0 Å². The second kappa shape index (κ2) is 5.65. The van der Waals surface area contributed by atoms with Gasteiger partial charge in [-0.2, -0.15) is 0 Å². The van der Waals surface area contributed by atoms with Crippen molar-refractivity contribution >= 4 is 0 Å². The maximum Gasteiger partial charge on any atom is 0.163 e. The van der Waals surface area contributed by atoms with E-state index in [1.807, 2.05) is 13.8 Å². The van der Waals surface area contributed by atoms with Crippen molar-refractivity contribution in [1.82, 2.24) is 5.32 Å². The molecule has 1 rings (SSSR count). The number of hydrogen-bond acceptors (Lipinski definition) is 4. The molecule has 1 fully saturated rings. The van der Waals surface area contributed by atoms with Crippen LogP contribution in [0, 0.1) is 5.92 Å². The number of nitrogens with one attached hydrogen (secondary N) is 1. The first kappa shape index (κ1) is 14.9. The molecule has 0 aromatic heterocycles. The Bertz CT molecular complexity index is 235. The topological polar surface area (TPSA) is 50.7 Å². The first-order valence-electron chi connectivity index (χ1n) is 6.41. The van der Waals surface area contributed by atoms with E-state index in [0.717, 1.165) is 13.0 Å². The third-order valence-electron chi connectivity index (χ3n) is 2.96. The van der Waals surface area contributed by atoms with Crippen LogP contribution in [0.15, 0.2) is 0 Å². The number of rotatable bonds is 5. The zero-order valence-corrected chi connectivity index (χ0v) is 11.7. The molecular formula is C13H27NO3. The first-order valence-corrected chi connectivity index (χ1v) is 6.41. The van der Waals surface area contributed by atoms with Crippen molar-refractivity contribution < 1.29 is 14.6 Å². The van der Waals surface area contributed by atoms with E-state index in [4.69, 9.17) is 9.47 Å². The largest absolute Gasteiger partial charge is 0.396 e. The van der Waals surface area contributed by atoms with Crippen molar-refractivity contribution in [3.8, 4) is 0 Å². The quantitative estimate of drug-likeness (QED) is 0.771.